The summed E-state index contributed by atoms with van der Waals surface area (Å²) >= 11 is 5.84. The molecule has 1 saturated heterocycles. The van der Waals surface area contributed by atoms with Crippen LogP contribution in [0.2, 0.25) is 5.02 Å². The maximum atomic E-state index is 12.4. The zero-order valence-corrected chi connectivity index (χ0v) is 14.4. The van der Waals surface area contributed by atoms with Crippen LogP contribution < -0.4 is 10.2 Å². The summed E-state index contributed by atoms with van der Waals surface area (Å²) in [6.45, 7) is 4.46. The molecule has 0 spiro atoms. The van der Waals surface area contributed by atoms with Crippen molar-refractivity contribution in [2.45, 2.75) is 20.3 Å². The van der Waals surface area contributed by atoms with Gasteiger partial charge in [-0.2, -0.15) is 0 Å². The SMILES string of the molecule is Cc1ccc(N2CC(C(=O)Nc3ccc(Cl)cc3)CC2=O)cc1C. The second-order valence-electron chi connectivity index (χ2n) is 6.17. The highest BCUT2D eigenvalue weighted by molar-refractivity contribution is 6.30. The number of halogens is 1. The van der Waals surface area contributed by atoms with Crippen LogP contribution in [0.1, 0.15) is 17.5 Å². The first-order valence-electron chi connectivity index (χ1n) is 7.88. The van der Waals surface area contributed by atoms with Gasteiger partial charge in [0.05, 0.1) is 5.92 Å². The molecule has 5 heteroatoms. The van der Waals surface area contributed by atoms with E-state index in [1.165, 1.54) is 5.56 Å². The van der Waals surface area contributed by atoms with Crippen molar-refractivity contribution in [3.63, 3.8) is 0 Å². The van der Waals surface area contributed by atoms with Crippen LogP contribution in [-0.2, 0) is 9.59 Å². The molecule has 0 saturated carbocycles. The van der Waals surface area contributed by atoms with E-state index in [-0.39, 0.29) is 24.2 Å². The summed E-state index contributed by atoms with van der Waals surface area (Å²) in [6, 6.07) is 12.9. The molecule has 1 unspecified atom stereocenters. The van der Waals surface area contributed by atoms with E-state index in [9.17, 15) is 9.59 Å². The van der Waals surface area contributed by atoms with Crippen molar-refractivity contribution in [3.8, 4) is 0 Å². The van der Waals surface area contributed by atoms with E-state index in [2.05, 4.69) is 5.32 Å². The van der Waals surface area contributed by atoms with Crippen LogP contribution in [-0.4, -0.2) is 18.4 Å². The summed E-state index contributed by atoms with van der Waals surface area (Å²) in [6.07, 6.45) is 0.229. The molecule has 1 heterocycles. The average Bonchev–Trinajstić information content (AvgIpc) is 2.94. The van der Waals surface area contributed by atoms with Gasteiger partial charge in [0.2, 0.25) is 11.8 Å². The Hall–Kier alpha value is -2.33. The zero-order valence-electron chi connectivity index (χ0n) is 13.7. The first-order chi connectivity index (χ1) is 11.4. The summed E-state index contributed by atoms with van der Waals surface area (Å²) < 4.78 is 0. The van der Waals surface area contributed by atoms with Crippen LogP contribution in [0.5, 0.6) is 0 Å². The first kappa shape index (κ1) is 16.5. The predicted molar refractivity (Wildman–Crippen MR) is 96.5 cm³/mol. The summed E-state index contributed by atoms with van der Waals surface area (Å²) in [7, 11) is 0. The molecule has 0 bridgehead atoms. The van der Waals surface area contributed by atoms with E-state index >= 15 is 0 Å². The van der Waals surface area contributed by atoms with Crippen LogP contribution in [0.15, 0.2) is 42.5 Å². The molecule has 0 radical (unpaired) electrons. The summed E-state index contributed by atoms with van der Waals surface area (Å²) in [5.74, 6) is -0.513. The minimum atomic E-state index is -0.352. The molecule has 2 aromatic rings. The molecule has 1 fully saturated rings. The summed E-state index contributed by atoms with van der Waals surface area (Å²) in [5.41, 5.74) is 3.85. The van der Waals surface area contributed by atoms with E-state index < -0.39 is 0 Å². The number of nitrogens with zero attached hydrogens (tertiary/aromatic N) is 1. The highest BCUT2D eigenvalue weighted by Crippen LogP contribution is 2.27. The average molecular weight is 343 g/mol. The Morgan fingerprint density at radius 1 is 1.12 bits per heavy atom. The van der Waals surface area contributed by atoms with Gasteiger partial charge >= 0.3 is 0 Å². The standard InChI is InChI=1S/C19H19ClN2O2/c1-12-3-8-17(9-13(12)2)22-11-14(10-18(22)23)19(24)21-16-6-4-15(20)5-7-16/h3-9,14H,10-11H2,1-2H3,(H,21,24). The van der Waals surface area contributed by atoms with E-state index in [1.54, 1.807) is 29.2 Å². The number of aryl methyl sites for hydroxylation is 2. The quantitative estimate of drug-likeness (QED) is 0.918. The van der Waals surface area contributed by atoms with Crippen molar-refractivity contribution in [3.05, 3.63) is 58.6 Å². The highest BCUT2D eigenvalue weighted by atomic mass is 35.5. The van der Waals surface area contributed by atoms with Crippen LogP contribution in [0.3, 0.4) is 0 Å². The minimum absolute atomic E-state index is 0.0190. The largest absolute Gasteiger partial charge is 0.326 e. The number of nitrogens with one attached hydrogen (secondary N) is 1. The monoisotopic (exact) mass is 342 g/mol. The fraction of sp³-hybridized carbons (Fsp3) is 0.263. The van der Waals surface area contributed by atoms with E-state index in [4.69, 9.17) is 11.6 Å². The molecule has 4 nitrogen and oxygen atoms in total. The Balaban J connectivity index is 1.70. The molecule has 0 aliphatic carbocycles. The van der Waals surface area contributed by atoms with Crippen molar-refractivity contribution in [2.75, 3.05) is 16.8 Å². The molecular formula is C19H19ClN2O2. The van der Waals surface area contributed by atoms with E-state index in [0.717, 1.165) is 11.3 Å². The van der Waals surface area contributed by atoms with E-state index in [0.29, 0.717) is 17.3 Å². The van der Waals surface area contributed by atoms with Gasteiger partial charge in [-0.15, -0.1) is 0 Å². The molecule has 0 aromatic heterocycles. The highest BCUT2D eigenvalue weighted by Gasteiger charge is 2.35. The third-order valence-electron chi connectivity index (χ3n) is 4.41. The molecule has 24 heavy (non-hydrogen) atoms. The van der Waals surface area contributed by atoms with Gasteiger partial charge in [-0.3, -0.25) is 9.59 Å². The van der Waals surface area contributed by atoms with Crippen molar-refractivity contribution in [1.29, 1.82) is 0 Å². The lowest BCUT2D eigenvalue weighted by atomic mass is 10.1. The zero-order chi connectivity index (χ0) is 17.3. The molecular weight excluding hydrogens is 324 g/mol. The number of rotatable bonds is 3. The Kier molecular flexibility index (Phi) is 4.58. The fourth-order valence-corrected chi connectivity index (χ4v) is 2.93. The number of anilines is 2. The molecule has 1 N–H and O–H groups in total. The van der Waals surface area contributed by atoms with Gasteiger partial charge in [0, 0.05) is 29.4 Å². The van der Waals surface area contributed by atoms with Gasteiger partial charge in [0.15, 0.2) is 0 Å². The molecule has 2 amide bonds. The number of carbonyl (C=O) groups is 2. The normalized spacial score (nSPS) is 17.2. The lowest BCUT2D eigenvalue weighted by Crippen LogP contribution is -2.28. The van der Waals surface area contributed by atoms with Crippen LogP contribution >= 0.6 is 11.6 Å². The first-order valence-corrected chi connectivity index (χ1v) is 8.26. The van der Waals surface area contributed by atoms with Gasteiger partial charge in [0.1, 0.15) is 0 Å². The summed E-state index contributed by atoms with van der Waals surface area (Å²) in [4.78, 5) is 26.4. The van der Waals surface area contributed by atoms with Crippen molar-refractivity contribution in [2.24, 2.45) is 5.92 Å². The lowest BCUT2D eigenvalue weighted by Gasteiger charge is -2.18. The Morgan fingerprint density at radius 2 is 1.83 bits per heavy atom. The molecule has 1 aliphatic rings. The number of amides is 2. The van der Waals surface area contributed by atoms with Crippen molar-refractivity contribution in [1.82, 2.24) is 0 Å². The summed E-state index contributed by atoms with van der Waals surface area (Å²) in [5, 5.41) is 3.46. The van der Waals surface area contributed by atoms with Gasteiger partial charge in [0.25, 0.3) is 0 Å². The lowest BCUT2D eigenvalue weighted by molar-refractivity contribution is -0.122. The van der Waals surface area contributed by atoms with Crippen molar-refractivity contribution < 1.29 is 9.59 Å². The van der Waals surface area contributed by atoms with Crippen LogP contribution in [0.25, 0.3) is 0 Å². The smallest absolute Gasteiger partial charge is 0.229 e. The molecule has 1 aliphatic heterocycles. The molecule has 124 valence electrons. The van der Waals surface area contributed by atoms with Gasteiger partial charge in [-0.05, 0) is 61.4 Å². The topological polar surface area (TPSA) is 49.4 Å². The van der Waals surface area contributed by atoms with Gasteiger partial charge in [-0.1, -0.05) is 17.7 Å². The Bertz CT molecular complexity index is 786. The molecule has 2 aromatic carbocycles. The van der Waals surface area contributed by atoms with Crippen LogP contribution in [0, 0.1) is 19.8 Å². The third kappa shape index (κ3) is 3.44. The fourth-order valence-electron chi connectivity index (χ4n) is 2.80. The predicted octanol–water partition coefficient (Wildman–Crippen LogP) is 3.95. The molecule has 3 rings (SSSR count). The van der Waals surface area contributed by atoms with Gasteiger partial charge in [-0.25, -0.2) is 0 Å². The Morgan fingerprint density at radius 3 is 2.50 bits per heavy atom. The van der Waals surface area contributed by atoms with Crippen LogP contribution in [0.4, 0.5) is 11.4 Å². The maximum Gasteiger partial charge on any atom is 0.229 e. The number of carbonyl (C=O) groups excluding carboxylic acids is 2. The maximum absolute atomic E-state index is 12.4. The third-order valence-corrected chi connectivity index (χ3v) is 4.66. The van der Waals surface area contributed by atoms with E-state index in [1.807, 2.05) is 32.0 Å². The second-order valence-corrected chi connectivity index (χ2v) is 6.61. The van der Waals surface area contributed by atoms with Crippen molar-refractivity contribution >= 4 is 34.8 Å². The Labute approximate surface area is 146 Å². The molecule has 1 atom stereocenters. The minimum Gasteiger partial charge on any atom is -0.326 e. The van der Waals surface area contributed by atoms with Gasteiger partial charge < -0.3 is 10.2 Å². The number of benzene rings is 2. The number of hydrogen-bond acceptors (Lipinski definition) is 2. The second kappa shape index (κ2) is 6.65. The number of hydrogen-bond donors (Lipinski definition) is 1.